The predicted octanol–water partition coefficient (Wildman–Crippen LogP) is 3.88. The fourth-order valence-corrected chi connectivity index (χ4v) is 3.94. The van der Waals surface area contributed by atoms with Crippen LogP contribution in [0.4, 0.5) is 10.5 Å². The van der Waals surface area contributed by atoms with Crippen LogP contribution in [0.3, 0.4) is 0 Å². The molecule has 0 unspecified atom stereocenters. The molecule has 1 saturated heterocycles. The van der Waals surface area contributed by atoms with Gasteiger partial charge in [0, 0.05) is 5.56 Å². The van der Waals surface area contributed by atoms with Crippen molar-refractivity contribution in [2.24, 2.45) is 0 Å². The number of fused-ring (bicyclic) bond motifs is 1. The number of hydrogen-bond acceptors (Lipinski definition) is 5. The first kappa shape index (κ1) is 21.9. The number of urea groups is 1. The van der Waals surface area contributed by atoms with Crippen LogP contribution in [0, 0.1) is 0 Å². The lowest BCUT2D eigenvalue weighted by Gasteiger charge is -2.13. The molecule has 172 valence electrons. The predicted molar refractivity (Wildman–Crippen MR) is 129 cm³/mol. The number of hydrogen-bond donors (Lipinski definition) is 1. The van der Waals surface area contributed by atoms with Crippen molar-refractivity contribution < 1.29 is 24.2 Å². The number of carboxylic acid groups (broad SMARTS) is 1. The molecule has 3 amide bonds. The molecular formula is C28H19N2O5-. The third kappa shape index (κ3) is 4.35. The van der Waals surface area contributed by atoms with Gasteiger partial charge in [-0.15, -0.1) is 0 Å². The first-order valence-corrected chi connectivity index (χ1v) is 10.9. The molecular weight excluding hydrogens is 444 g/mol. The third-order valence-corrected chi connectivity index (χ3v) is 5.70. The number of para-hydroxylation sites is 1. The van der Waals surface area contributed by atoms with Crippen LogP contribution in [0.1, 0.15) is 21.5 Å². The molecule has 0 aliphatic carbocycles. The number of rotatable bonds is 6. The minimum atomic E-state index is -1.24. The lowest BCUT2D eigenvalue weighted by molar-refractivity contribution is -0.255. The first-order chi connectivity index (χ1) is 17.0. The van der Waals surface area contributed by atoms with E-state index >= 15 is 0 Å². The molecule has 0 saturated carbocycles. The van der Waals surface area contributed by atoms with Crippen molar-refractivity contribution in [2.45, 2.75) is 6.61 Å². The molecule has 1 aliphatic heterocycles. The normalized spacial score (nSPS) is 14.4. The summed E-state index contributed by atoms with van der Waals surface area (Å²) in [4.78, 5) is 37.8. The van der Waals surface area contributed by atoms with Gasteiger partial charge in [0.2, 0.25) is 0 Å². The summed E-state index contributed by atoms with van der Waals surface area (Å²) < 4.78 is 6.07. The largest absolute Gasteiger partial charge is 0.545 e. The number of carbonyl (C=O) groups is 3. The van der Waals surface area contributed by atoms with Gasteiger partial charge < -0.3 is 20.0 Å². The van der Waals surface area contributed by atoms with Gasteiger partial charge in [-0.25, -0.2) is 9.69 Å². The van der Waals surface area contributed by atoms with E-state index in [9.17, 15) is 19.5 Å². The Balaban J connectivity index is 1.50. The highest BCUT2D eigenvalue weighted by Gasteiger charge is 2.35. The molecule has 1 fully saturated rings. The van der Waals surface area contributed by atoms with Crippen molar-refractivity contribution in [3.05, 3.63) is 113 Å². The fourth-order valence-electron chi connectivity index (χ4n) is 3.94. The highest BCUT2D eigenvalue weighted by Crippen LogP contribution is 2.32. The minimum Gasteiger partial charge on any atom is -0.545 e. The van der Waals surface area contributed by atoms with E-state index in [-0.39, 0.29) is 17.9 Å². The minimum absolute atomic E-state index is 0.0864. The fraction of sp³-hybridized carbons (Fsp3) is 0.0357. The standard InChI is InChI=1S/C28H20N2O5/c31-26-24(29-28(34)30(26)21-7-2-1-3-8-21)16-23-22-9-5-4-6-19(22)14-15-25(23)35-17-18-10-12-20(13-11-18)27(32)33/h1-16H,17H2,(H,29,34)(H,32,33)/p-1/b24-16-. The third-order valence-electron chi connectivity index (χ3n) is 5.70. The molecule has 4 aromatic rings. The van der Waals surface area contributed by atoms with Gasteiger partial charge >= 0.3 is 6.03 Å². The van der Waals surface area contributed by atoms with Crippen LogP contribution in [0.15, 0.2) is 96.7 Å². The van der Waals surface area contributed by atoms with E-state index in [0.717, 1.165) is 21.2 Å². The van der Waals surface area contributed by atoms with Crippen LogP contribution in [0.5, 0.6) is 5.75 Å². The van der Waals surface area contributed by atoms with Crippen molar-refractivity contribution >= 4 is 40.4 Å². The Morgan fingerprint density at radius 1 is 0.886 bits per heavy atom. The van der Waals surface area contributed by atoms with Crippen LogP contribution in [-0.2, 0) is 11.4 Å². The maximum atomic E-state index is 13.1. The van der Waals surface area contributed by atoms with Gasteiger partial charge in [-0.3, -0.25) is 4.79 Å². The Hall–Kier alpha value is -4.91. The van der Waals surface area contributed by atoms with Crippen LogP contribution < -0.4 is 20.1 Å². The summed E-state index contributed by atoms with van der Waals surface area (Å²) in [7, 11) is 0. The van der Waals surface area contributed by atoms with Gasteiger partial charge in [0.1, 0.15) is 18.1 Å². The van der Waals surface area contributed by atoms with Crippen molar-refractivity contribution in [1.82, 2.24) is 5.32 Å². The Kier molecular flexibility index (Phi) is 5.73. The van der Waals surface area contributed by atoms with Gasteiger partial charge in [-0.05, 0) is 46.2 Å². The molecule has 0 aromatic heterocycles. The Labute approximate surface area is 200 Å². The molecule has 0 bridgehead atoms. The second-order valence-electron chi connectivity index (χ2n) is 7.94. The van der Waals surface area contributed by atoms with E-state index in [2.05, 4.69) is 5.32 Å². The zero-order valence-corrected chi connectivity index (χ0v) is 18.4. The number of anilines is 1. The highest BCUT2D eigenvalue weighted by atomic mass is 16.5. The summed E-state index contributed by atoms with van der Waals surface area (Å²) in [5, 5.41) is 15.4. The average Bonchev–Trinajstić information content (AvgIpc) is 3.16. The molecule has 0 radical (unpaired) electrons. The smallest absolute Gasteiger partial charge is 0.333 e. The molecule has 4 aromatic carbocycles. The molecule has 0 spiro atoms. The van der Waals surface area contributed by atoms with Crippen LogP contribution in [-0.4, -0.2) is 17.9 Å². The molecule has 1 heterocycles. The maximum Gasteiger partial charge on any atom is 0.333 e. The summed E-state index contributed by atoms with van der Waals surface area (Å²) in [6.07, 6.45) is 1.63. The van der Waals surface area contributed by atoms with Crippen molar-refractivity contribution in [1.29, 1.82) is 0 Å². The molecule has 1 aliphatic rings. The monoisotopic (exact) mass is 463 g/mol. The van der Waals surface area contributed by atoms with Gasteiger partial charge in [0.15, 0.2) is 0 Å². The second-order valence-corrected chi connectivity index (χ2v) is 7.94. The van der Waals surface area contributed by atoms with Crippen molar-refractivity contribution in [2.75, 3.05) is 4.90 Å². The quantitative estimate of drug-likeness (QED) is 0.346. The number of nitrogens with zero attached hydrogens (tertiary/aromatic N) is 1. The van der Waals surface area contributed by atoms with Crippen molar-refractivity contribution in [3.8, 4) is 5.75 Å². The lowest BCUT2D eigenvalue weighted by atomic mass is 10.0. The number of nitrogens with one attached hydrogen (secondary N) is 1. The number of carboxylic acids is 1. The van der Waals surface area contributed by atoms with E-state index in [1.165, 1.54) is 12.1 Å². The van der Waals surface area contributed by atoms with E-state index < -0.39 is 17.9 Å². The average molecular weight is 463 g/mol. The summed E-state index contributed by atoms with van der Waals surface area (Å²) in [5.74, 6) is -1.19. The summed E-state index contributed by atoms with van der Waals surface area (Å²) in [6.45, 7) is 0.179. The SMILES string of the molecule is O=C([O-])c1ccc(COc2ccc3ccccc3c2/C=C2\NC(=O)N(c3ccccc3)C2=O)cc1. The molecule has 5 rings (SSSR count). The van der Waals surface area contributed by atoms with Crippen molar-refractivity contribution in [3.63, 3.8) is 0 Å². The zero-order chi connectivity index (χ0) is 24.4. The zero-order valence-electron chi connectivity index (χ0n) is 18.4. The van der Waals surface area contributed by atoms with Crippen LogP contribution >= 0.6 is 0 Å². The Morgan fingerprint density at radius 2 is 1.60 bits per heavy atom. The van der Waals surface area contributed by atoms with Crippen LogP contribution in [0.25, 0.3) is 16.8 Å². The van der Waals surface area contributed by atoms with E-state index in [4.69, 9.17) is 4.74 Å². The van der Waals surface area contributed by atoms with E-state index in [1.54, 1.807) is 48.5 Å². The van der Waals surface area contributed by atoms with Gasteiger partial charge in [-0.1, -0.05) is 72.8 Å². The lowest BCUT2D eigenvalue weighted by Crippen LogP contribution is -2.30. The highest BCUT2D eigenvalue weighted by molar-refractivity contribution is 6.28. The van der Waals surface area contributed by atoms with Gasteiger partial charge in [-0.2, -0.15) is 0 Å². The number of ether oxygens (including phenoxy) is 1. The van der Waals surface area contributed by atoms with E-state index in [1.807, 2.05) is 36.4 Å². The van der Waals surface area contributed by atoms with Gasteiger partial charge in [0.25, 0.3) is 5.91 Å². The second kappa shape index (κ2) is 9.15. The number of carbonyl (C=O) groups excluding carboxylic acids is 3. The summed E-state index contributed by atoms with van der Waals surface area (Å²) >= 11 is 0. The number of aromatic carboxylic acids is 1. The summed E-state index contributed by atoms with van der Waals surface area (Å²) in [6, 6.07) is 25.8. The topological polar surface area (TPSA) is 98.8 Å². The molecule has 7 heteroatoms. The van der Waals surface area contributed by atoms with Crippen LogP contribution in [0.2, 0.25) is 0 Å². The number of amides is 3. The van der Waals surface area contributed by atoms with Gasteiger partial charge in [0.05, 0.1) is 11.7 Å². The molecule has 35 heavy (non-hydrogen) atoms. The molecule has 1 N–H and O–H groups in total. The Morgan fingerprint density at radius 3 is 2.34 bits per heavy atom. The summed E-state index contributed by atoms with van der Waals surface area (Å²) in [5.41, 5.74) is 2.12. The Bertz CT molecular complexity index is 1480. The number of imide groups is 1. The molecule has 7 nitrogen and oxygen atoms in total. The molecule has 0 atom stereocenters. The number of benzene rings is 4. The van der Waals surface area contributed by atoms with E-state index in [0.29, 0.717) is 17.0 Å². The first-order valence-electron chi connectivity index (χ1n) is 10.9. The maximum absolute atomic E-state index is 13.1.